The highest BCUT2D eigenvalue weighted by Crippen LogP contribution is 2.38. The molecular weight excluding hydrogens is 206 g/mol. The van der Waals surface area contributed by atoms with Gasteiger partial charge in [0.15, 0.2) is 5.65 Å². The lowest BCUT2D eigenvalue weighted by Crippen LogP contribution is -1.94. The van der Waals surface area contributed by atoms with Crippen molar-refractivity contribution < 1.29 is 0 Å². The van der Waals surface area contributed by atoms with Crippen LogP contribution in [-0.2, 0) is 0 Å². The largest absolute Gasteiger partial charge is 0.231 e. The molecule has 1 saturated carbocycles. The standard InChI is InChI=1S/C11H13N3S/c1-7(15)10-6-14-11(12-10)5-4-9(13-14)8-2-3-8/h4-8,15H,2-3H2,1H3. The van der Waals surface area contributed by atoms with Crippen LogP contribution in [0.15, 0.2) is 18.3 Å². The maximum atomic E-state index is 4.56. The lowest BCUT2D eigenvalue weighted by Gasteiger charge is -1.96. The second-order valence-electron chi connectivity index (χ2n) is 4.18. The molecule has 3 nitrogen and oxygen atoms in total. The van der Waals surface area contributed by atoms with Crippen LogP contribution in [0.25, 0.3) is 5.65 Å². The normalized spacial score (nSPS) is 18.3. The maximum absolute atomic E-state index is 4.56. The SMILES string of the molecule is CC(S)c1cn2nc(C3CC3)ccc2n1. The molecule has 78 valence electrons. The fourth-order valence-electron chi connectivity index (χ4n) is 1.71. The Morgan fingerprint density at radius 3 is 2.93 bits per heavy atom. The lowest BCUT2D eigenvalue weighted by molar-refractivity contribution is 0.853. The second kappa shape index (κ2) is 3.23. The summed E-state index contributed by atoms with van der Waals surface area (Å²) in [5, 5.41) is 4.72. The number of fused-ring (bicyclic) bond motifs is 1. The molecule has 0 radical (unpaired) electrons. The van der Waals surface area contributed by atoms with Gasteiger partial charge in [-0.15, -0.1) is 0 Å². The summed E-state index contributed by atoms with van der Waals surface area (Å²) in [4.78, 5) is 4.46. The van der Waals surface area contributed by atoms with E-state index in [0.717, 1.165) is 11.3 Å². The Balaban J connectivity index is 2.09. The minimum atomic E-state index is 0.163. The number of thiol groups is 1. The third-order valence-electron chi connectivity index (χ3n) is 2.78. The highest BCUT2D eigenvalue weighted by atomic mass is 32.1. The first-order valence-electron chi connectivity index (χ1n) is 5.28. The molecule has 1 fully saturated rings. The molecule has 3 rings (SSSR count). The van der Waals surface area contributed by atoms with Crippen molar-refractivity contribution in [3.05, 3.63) is 29.7 Å². The van der Waals surface area contributed by atoms with Crippen molar-refractivity contribution in [3.63, 3.8) is 0 Å². The van der Waals surface area contributed by atoms with E-state index in [4.69, 9.17) is 0 Å². The first-order valence-corrected chi connectivity index (χ1v) is 5.80. The van der Waals surface area contributed by atoms with Crippen LogP contribution in [0.3, 0.4) is 0 Å². The van der Waals surface area contributed by atoms with Crippen LogP contribution in [-0.4, -0.2) is 14.6 Å². The zero-order chi connectivity index (χ0) is 10.4. The van der Waals surface area contributed by atoms with Crippen LogP contribution in [0.4, 0.5) is 0 Å². The van der Waals surface area contributed by atoms with Crippen LogP contribution < -0.4 is 0 Å². The highest BCUT2D eigenvalue weighted by molar-refractivity contribution is 7.80. The van der Waals surface area contributed by atoms with Crippen molar-refractivity contribution in [2.75, 3.05) is 0 Å². The minimum absolute atomic E-state index is 0.163. The number of aromatic nitrogens is 3. The van der Waals surface area contributed by atoms with Crippen molar-refractivity contribution in [1.29, 1.82) is 0 Å². The first kappa shape index (κ1) is 9.21. The average Bonchev–Trinajstić information content (AvgIpc) is 2.96. The van der Waals surface area contributed by atoms with E-state index in [9.17, 15) is 0 Å². The molecule has 0 amide bonds. The molecule has 2 aromatic rings. The van der Waals surface area contributed by atoms with Crippen LogP contribution in [0.1, 0.15) is 42.3 Å². The van der Waals surface area contributed by atoms with Crippen LogP contribution in [0.5, 0.6) is 0 Å². The summed E-state index contributed by atoms with van der Waals surface area (Å²) in [5.41, 5.74) is 3.09. The van der Waals surface area contributed by atoms with Crippen molar-refractivity contribution in [2.24, 2.45) is 0 Å². The molecule has 0 aromatic carbocycles. The third kappa shape index (κ3) is 1.63. The molecule has 1 aliphatic rings. The fourth-order valence-corrected chi connectivity index (χ4v) is 1.84. The van der Waals surface area contributed by atoms with Crippen LogP contribution >= 0.6 is 12.6 Å². The average molecular weight is 219 g/mol. The Hall–Kier alpha value is -1.03. The summed E-state index contributed by atoms with van der Waals surface area (Å²) in [7, 11) is 0. The van der Waals surface area contributed by atoms with Gasteiger partial charge in [0.25, 0.3) is 0 Å². The van der Waals surface area contributed by atoms with Gasteiger partial charge >= 0.3 is 0 Å². The minimum Gasteiger partial charge on any atom is -0.231 e. The van der Waals surface area contributed by atoms with E-state index in [-0.39, 0.29) is 5.25 Å². The van der Waals surface area contributed by atoms with Gasteiger partial charge in [0.05, 0.1) is 17.6 Å². The summed E-state index contributed by atoms with van der Waals surface area (Å²) >= 11 is 4.37. The second-order valence-corrected chi connectivity index (χ2v) is 4.95. The van der Waals surface area contributed by atoms with Crippen molar-refractivity contribution >= 4 is 18.3 Å². The van der Waals surface area contributed by atoms with E-state index >= 15 is 0 Å². The number of hydrogen-bond donors (Lipinski definition) is 1. The molecule has 0 spiro atoms. The Bertz CT molecular complexity index is 500. The fraction of sp³-hybridized carbons (Fsp3) is 0.455. The number of imidazole rings is 1. The van der Waals surface area contributed by atoms with Gasteiger partial charge in [-0.2, -0.15) is 17.7 Å². The third-order valence-corrected chi connectivity index (χ3v) is 3.05. The van der Waals surface area contributed by atoms with Gasteiger partial charge in [0, 0.05) is 11.2 Å². The first-order chi connectivity index (χ1) is 7.24. The molecule has 0 aliphatic heterocycles. The molecule has 1 atom stereocenters. The monoisotopic (exact) mass is 219 g/mol. The van der Waals surface area contributed by atoms with E-state index in [1.807, 2.05) is 23.7 Å². The molecule has 4 heteroatoms. The zero-order valence-electron chi connectivity index (χ0n) is 8.59. The Kier molecular flexibility index (Phi) is 1.99. The quantitative estimate of drug-likeness (QED) is 0.787. The Labute approximate surface area is 93.9 Å². The molecule has 0 bridgehead atoms. The molecule has 2 heterocycles. The lowest BCUT2D eigenvalue weighted by atomic mass is 10.3. The summed E-state index contributed by atoms with van der Waals surface area (Å²) in [6, 6.07) is 4.13. The van der Waals surface area contributed by atoms with Crippen molar-refractivity contribution in [1.82, 2.24) is 14.6 Å². The Morgan fingerprint density at radius 1 is 1.47 bits per heavy atom. The topological polar surface area (TPSA) is 30.2 Å². The van der Waals surface area contributed by atoms with Gasteiger partial charge < -0.3 is 0 Å². The van der Waals surface area contributed by atoms with Gasteiger partial charge in [0.2, 0.25) is 0 Å². The number of hydrogen-bond acceptors (Lipinski definition) is 3. The summed E-state index contributed by atoms with van der Waals surface area (Å²) in [5.74, 6) is 0.689. The summed E-state index contributed by atoms with van der Waals surface area (Å²) in [6.45, 7) is 2.02. The van der Waals surface area contributed by atoms with E-state index < -0.39 is 0 Å². The highest BCUT2D eigenvalue weighted by Gasteiger charge is 2.25. The van der Waals surface area contributed by atoms with E-state index in [1.165, 1.54) is 18.5 Å². The van der Waals surface area contributed by atoms with Gasteiger partial charge in [-0.05, 0) is 31.9 Å². The molecule has 2 aromatic heterocycles. The predicted octanol–water partition coefficient (Wildman–Crippen LogP) is 2.60. The summed E-state index contributed by atoms with van der Waals surface area (Å²) in [6.07, 6.45) is 4.53. The molecule has 1 unspecified atom stereocenters. The smallest absolute Gasteiger partial charge is 0.153 e. The number of rotatable bonds is 2. The maximum Gasteiger partial charge on any atom is 0.153 e. The molecule has 15 heavy (non-hydrogen) atoms. The predicted molar refractivity (Wildman–Crippen MR) is 62.4 cm³/mol. The van der Waals surface area contributed by atoms with Crippen LogP contribution in [0.2, 0.25) is 0 Å². The summed E-state index contributed by atoms with van der Waals surface area (Å²) < 4.78 is 1.87. The van der Waals surface area contributed by atoms with Crippen molar-refractivity contribution in [3.8, 4) is 0 Å². The molecule has 1 aliphatic carbocycles. The van der Waals surface area contributed by atoms with E-state index in [0.29, 0.717) is 5.92 Å². The van der Waals surface area contributed by atoms with Gasteiger partial charge in [-0.25, -0.2) is 9.50 Å². The van der Waals surface area contributed by atoms with Crippen LogP contribution in [0, 0.1) is 0 Å². The molecule has 0 N–H and O–H groups in total. The Morgan fingerprint density at radius 2 is 2.27 bits per heavy atom. The van der Waals surface area contributed by atoms with Gasteiger partial charge in [-0.3, -0.25) is 0 Å². The van der Waals surface area contributed by atoms with Crippen molar-refractivity contribution in [2.45, 2.75) is 30.9 Å². The van der Waals surface area contributed by atoms with E-state index in [2.05, 4.69) is 28.8 Å². The van der Waals surface area contributed by atoms with Gasteiger partial charge in [-0.1, -0.05) is 0 Å². The molecular formula is C11H13N3S. The number of nitrogens with zero attached hydrogens (tertiary/aromatic N) is 3. The molecule has 0 saturated heterocycles. The van der Waals surface area contributed by atoms with E-state index in [1.54, 1.807) is 0 Å². The van der Waals surface area contributed by atoms with Gasteiger partial charge in [0.1, 0.15) is 0 Å². The zero-order valence-corrected chi connectivity index (χ0v) is 9.48.